The lowest BCUT2D eigenvalue weighted by molar-refractivity contribution is -0.139. The second-order valence-electron chi connectivity index (χ2n) is 3.71. The number of thiophene rings is 2. The number of carbonyl (C=O) groups is 3. The van der Waals surface area contributed by atoms with Gasteiger partial charge < -0.3 is 14.9 Å². The van der Waals surface area contributed by atoms with Crippen molar-refractivity contribution in [2.45, 2.75) is 0 Å². The first kappa shape index (κ1) is 15.7. The molecule has 2 aromatic rings. The highest BCUT2D eigenvalue weighted by atomic mass is 79.9. The number of ether oxygens (including phenoxy) is 1. The van der Waals surface area contributed by atoms with Gasteiger partial charge in [0.2, 0.25) is 0 Å². The minimum absolute atomic E-state index is 0.0482. The number of aliphatic carboxylic acids is 1. The highest BCUT2D eigenvalue weighted by molar-refractivity contribution is 9.10. The molecule has 0 saturated carbocycles. The number of hydrogen-bond donors (Lipinski definition) is 2. The largest absolute Gasteiger partial charge is 0.479 e. The normalized spacial score (nSPS) is 10.3. The highest BCUT2D eigenvalue weighted by Gasteiger charge is 2.25. The number of aromatic carboxylic acids is 1. The van der Waals surface area contributed by atoms with Gasteiger partial charge in [0, 0.05) is 5.56 Å². The second-order valence-corrected chi connectivity index (χ2v) is 6.47. The summed E-state index contributed by atoms with van der Waals surface area (Å²) < 4.78 is 5.37. The Morgan fingerprint density at radius 1 is 1.38 bits per heavy atom. The molecule has 0 unspecified atom stereocenters. The van der Waals surface area contributed by atoms with Crippen LogP contribution in [0.25, 0.3) is 10.4 Å². The SMILES string of the molecule is O=Cc1sccc1-c1sc(C(=O)O)c(OCC(=O)O)c1Br. The molecule has 2 heterocycles. The van der Waals surface area contributed by atoms with E-state index in [4.69, 9.17) is 9.84 Å². The van der Waals surface area contributed by atoms with E-state index in [1.165, 1.54) is 11.3 Å². The van der Waals surface area contributed by atoms with E-state index in [0.29, 0.717) is 26.1 Å². The van der Waals surface area contributed by atoms with Crippen LogP contribution in [0.15, 0.2) is 15.9 Å². The third-order valence-electron chi connectivity index (χ3n) is 2.39. The standard InChI is InChI=1S/C12H7BrO6S2/c13-8-9(19-4-7(15)16)11(12(17)18)21-10(8)5-1-2-20-6(5)3-14/h1-3H,4H2,(H,15,16)(H,17,18). The fourth-order valence-corrected chi connectivity index (χ4v) is 4.26. The average Bonchev–Trinajstić information content (AvgIpc) is 3.00. The summed E-state index contributed by atoms with van der Waals surface area (Å²) in [5.74, 6) is -2.49. The molecule has 6 nitrogen and oxygen atoms in total. The molecule has 21 heavy (non-hydrogen) atoms. The zero-order valence-electron chi connectivity index (χ0n) is 10.2. The van der Waals surface area contributed by atoms with Crippen LogP contribution < -0.4 is 4.74 Å². The predicted octanol–water partition coefficient (Wildman–Crippen LogP) is 3.21. The fourth-order valence-electron chi connectivity index (χ4n) is 1.57. The summed E-state index contributed by atoms with van der Waals surface area (Å²) >= 11 is 5.37. The summed E-state index contributed by atoms with van der Waals surface area (Å²) in [7, 11) is 0. The molecule has 0 aliphatic heterocycles. The zero-order chi connectivity index (χ0) is 15.6. The van der Waals surface area contributed by atoms with E-state index in [1.807, 2.05) is 0 Å². The summed E-state index contributed by atoms with van der Waals surface area (Å²) in [5, 5.41) is 19.5. The average molecular weight is 391 g/mol. The Labute approximate surface area is 134 Å². The smallest absolute Gasteiger partial charge is 0.349 e. The maximum Gasteiger partial charge on any atom is 0.349 e. The van der Waals surface area contributed by atoms with Gasteiger partial charge in [-0.15, -0.1) is 22.7 Å². The zero-order valence-corrected chi connectivity index (χ0v) is 13.4. The van der Waals surface area contributed by atoms with Crippen LogP contribution in [0.2, 0.25) is 0 Å². The van der Waals surface area contributed by atoms with Gasteiger partial charge in [0.15, 0.2) is 23.5 Å². The first-order valence-electron chi connectivity index (χ1n) is 5.39. The van der Waals surface area contributed by atoms with Gasteiger partial charge in [-0.25, -0.2) is 9.59 Å². The molecular weight excluding hydrogens is 384 g/mol. The second kappa shape index (κ2) is 6.37. The van der Waals surface area contributed by atoms with Gasteiger partial charge in [-0.05, 0) is 27.4 Å². The van der Waals surface area contributed by atoms with Crippen molar-refractivity contribution in [3.63, 3.8) is 0 Å². The number of rotatable bonds is 6. The minimum atomic E-state index is -1.23. The van der Waals surface area contributed by atoms with Crippen molar-refractivity contribution in [1.82, 2.24) is 0 Å². The van der Waals surface area contributed by atoms with Crippen LogP contribution in [0.4, 0.5) is 0 Å². The quantitative estimate of drug-likeness (QED) is 0.734. The Morgan fingerprint density at radius 3 is 2.67 bits per heavy atom. The molecule has 2 rings (SSSR count). The molecule has 2 aromatic heterocycles. The fraction of sp³-hybridized carbons (Fsp3) is 0.0833. The molecule has 0 amide bonds. The predicted molar refractivity (Wildman–Crippen MR) is 80.8 cm³/mol. The molecule has 0 atom stereocenters. The van der Waals surface area contributed by atoms with Gasteiger partial charge in [-0.3, -0.25) is 4.79 Å². The van der Waals surface area contributed by atoms with Gasteiger partial charge in [-0.1, -0.05) is 0 Å². The number of carboxylic acid groups (broad SMARTS) is 2. The molecule has 0 fully saturated rings. The molecule has 0 aromatic carbocycles. The summed E-state index contributed by atoms with van der Waals surface area (Å²) in [6.07, 6.45) is 0.685. The number of hydrogen-bond acceptors (Lipinski definition) is 6. The minimum Gasteiger partial charge on any atom is -0.479 e. The van der Waals surface area contributed by atoms with Crippen molar-refractivity contribution >= 4 is 56.8 Å². The molecular formula is C12H7BrO6S2. The van der Waals surface area contributed by atoms with Crippen LogP contribution in [0, 0.1) is 0 Å². The number of carbonyl (C=O) groups excluding carboxylic acids is 1. The summed E-state index contributed by atoms with van der Waals surface area (Å²) in [5.41, 5.74) is 0.583. The number of aldehydes is 1. The molecule has 0 spiro atoms. The number of carboxylic acids is 2. The topological polar surface area (TPSA) is 101 Å². The first-order chi connectivity index (χ1) is 9.95. The van der Waals surface area contributed by atoms with Crippen molar-refractivity contribution < 1.29 is 29.3 Å². The van der Waals surface area contributed by atoms with E-state index in [2.05, 4.69) is 15.9 Å². The molecule has 0 aliphatic rings. The van der Waals surface area contributed by atoms with E-state index in [9.17, 15) is 19.5 Å². The molecule has 0 aliphatic carbocycles. The van der Waals surface area contributed by atoms with E-state index < -0.39 is 18.5 Å². The molecule has 9 heteroatoms. The van der Waals surface area contributed by atoms with Gasteiger partial charge in [0.1, 0.15) is 0 Å². The molecule has 2 N–H and O–H groups in total. The van der Waals surface area contributed by atoms with Gasteiger partial charge in [-0.2, -0.15) is 0 Å². The van der Waals surface area contributed by atoms with Crippen molar-refractivity contribution in [2.75, 3.05) is 6.61 Å². The summed E-state index contributed by atoms with van der Waals surface area (Å²) in [6.45, 7) is -0.654. The Hall–Kier alpha value is -1.71. The Balaban J connectivity index is 2.53. The molecule has 110 valence electrons. The summed E-state index contributed by atoms with van der Waals surface area (Å²) in [4.78, 5) is 33.7. The lowest BCUT2D eigenvalue weighted by atomic mass is 10.2. The van der Waals surface area contributed by atoms with Crippen LogP contribution in [-0.4, -0.2) is 35.0 Å². The van der Waals surface area contributed by atoms with E-state index in [1.54, 1.807) is 11.4 Å². The monoisotopic (exact) mass is 390 g/mol. The van der Waals surface area contributed by atoms with E-state index >= 15 is 0 Å². The van der Waals surface area contributed by atoms with Crippen LogP contribution in [-0.2, 0) is 4.79 Å². The Morgan fingerprint density at radius 2 is 2.10 bits per heavy atom. The van der Waals surface area contributed by atoms with Gasteiger partial charge >= 0.3 is 11.9 Å². The molecule has 0 bridgehead atoms. The Bertz CT molecular complexity index is 717. The number of halogens is 1. The van der Waals surface area contributed by atoms with Crippen LogP contribution in [0.5, 0.6) is 5.75 Å². The highest BCUT2D eigenvalue weighted by Crippen LogP contribution is 2.47. The maximum absolute atomic E-state index is 11.3. The summed E-state index contributed by atoms with van der Waals surface area (Å²) in [6, 6.07) is 1.69. The van der Waals surface area contributed by atoms with E-state index in [-0.39, 0.29) is 10.6 Å². The van der Waals surface area contributed by atoms with Crippen LogP contribution in [0.3, 0.4) is 0 Å². The third kappa shape index (κ3) is 3.14. The van der Waals surface area contributed by atoms with Crippen LogP contribution >= 0.6 is 38.6 Å². The molecule has 0 saturated heterocycles. The molecule has 0 radical (unpaired) electrons. The third-order valence-corrected chi connectivity index (χ3v) is 5.44. The first-order valence-corrected chi connectivity index (χ1v) is 7.87. The van der Waals surface area contributed by atoms with Crippen molar-refractivity contribution in [3.05, 3.63) is 25.7 Å². The van der Waals surface area contributed by atoms with Crippen molar-refractivity contribution in [1.29, 1.82) is 0 Å². The lowest BCUT2D eigenvalue weighted by Gasteiger charge is -2.03. The van der Waals surface area contributed by atoms with Gasteiger partial charge in [0.25, 0.3) is 0 Å². The Kier molecular flexibility index (Phi) is 4.76. The van der Waals surface area contributed by atoms with Crippen LogP contribution in [0.1, 0.15) is 19.3 Å². The van der Waals surface area contributed by atoms with E-state index in [0.717, 1.165) is 11.3 Å². The van der Waals surface area contributed by atoms with Crippen molar-refractivity contribution in [3.8, 4) is 16.2 Å². The maximum atomic E-state index is 11.3. The lowest BCUT2D eigenvalue weighted by Crippen LogP contribution is -2.11. The van der Waals surface area contributed by atoms with Gasteiger partial charge in [0.05, 0.1) is 14.2 Å². The van der Waals surface area contributed by atoms with Crippen molar-refractivity contribution in [2.24, 2.45) is 0 Å².